The Labute approximate surface area is 74.3 Å². The predicted molar refractivity (Wildman–Crippen MR) is 49.8 cm³/mol. The van der Waals surface area contributed by atoms with Crippen LogP contribution in [0.4, 0.5) is 0 Å². The van der Waals surface area contributed by atoms with E-state index in [1.54, 1.807) is 19.9 Å². The standard InChI is InChI=1S/C10H18O2/c1-5-8(4)6-9(11)10(12)7(2)3/h5,7-9,11H,1,6H2,2-4H3/t8-,9+/m1/s1. The van der Waals surface area contributed by atoms with Crippen LogP contribution in [0.5, 0.6) is 0 Å². The Balaban J connectivity index is 3.94. The first kappa shape index (κ1) is 11.4. The van der Waals surface area contributed by atoms with E-state index in [2.05, 4.69) is 6.58 Å². The zero-order valence-corrected chi connectivity index (χ0v) is 8.08. The van der Waals surface area contributed by atoms with Crippen molar-refractivity contribution < 1.29 is 9.90 Å². The quantitative estimate of drug-likeness (QED) is 0.639. The summed E-state index contributed by atoms with van der Waals surface area (Å²) in [6, 6.07) is 0. The summed E-state index contributed by atoms with van der Waals surface area (Å²) in [5.74, 6) is 0.0309. The summed E-state index contributed by atoms with van der Waals surface area (Å²) in [6.45, 7) is 9.12. The van der Waals surface area contributed by atoms with Crippen LogP contribution in [0, 0.1) is 11.8 Å². The van der Waals surface area contributed by atoms with Crippen LogP contribution in [0.15, 0.2) is 12.7 Å². The molecule has 2 atom stereocenters. The van der Waals surface area contributed by atoms with E-state index in [0.717, 1.165) is 0 Å². The number of hydrogen-bond acceptors (Lipinski definition) is 2. The molecule has 0 fully saturated rings. The normalized spacial score (nSPS) is 15.8. The number of aliphatic hydroxyl groups is 1. The van der Waals surface area contributed by atoms with Crippen molar-refractivity contribution in [3.8, 4) is 0 Å². The van der Waals surface area contributed by atoms with Crippen LogP contribution in [0.1, 0.15) is 27.2 Å². The Morgan fingerprint density at radius 3 is 2.33 bits per heavy atom. The first-order valence-corrected chi connectivity index (χ1v) is 4.33. The van der Waals surface area contributed by atoms with Crippen molar-refractivity contribution in [2.75, 3.05) is 0 Å². The van der Waals surface area contributed by atoms with Crippen molar-refractivity contribution in [1.29, 1.82) is 0 Å². The van der Waals surface area contributed by atoms with Crippen molar-refractivity contribution >= 4 is 5.78 Å². The maximum Gasteiger partial charge on any atom is 0.163 e. The van der Waals surface area contributed by atoms with Crippen LogP contribution in [-0.4, -0.2) is 17.0 Å². The first-order valence-electron chi connectivity index (χ1n) is 4.33. The fourth-order valence-electron chi connectivity index (χ4n) is 0.949. The number of hydrogen-bond donors (Lipinski definition) is 1. The van der Waals surface area contributed by atoms with E-state index in [9.17, 15) is 9.90 Å². The highest BCUT2D eigenvalue weighted by molar-refractivity contribution is 5.84. The molecule has 0 aliphatic heterocycles. The molecule has 0 aromatic heterocycles. The van der Waals surface area contributed by atoms with E-state index in [1.165, 1.54) is 0 Å². The Hall–Kier alpha value is -0.630. The number of ketones is 1. The second-order valence-corrected chi connectivity index (χ2v) is 3.52. The lowest BCUT2D eigenvalue weighted by atomic mass is 9.96. The number of aliphatic hydroxyl groups excluding tert-OH is 1. The molecular weight excluding hydrogens is 152 g/mol. The highest BCUT2D eigenvalue weighted by Crippen LogP contribution is 2.10. The molecule has 0 unspecified atom stereocenters. The summed E-state index contributed by atoms with van der Waals surface area (Å²) in [7, 11) is 0. The number of Topliss-reactive ketones (excluding diaryl/α,β-unsaturated/α-hetero) is 1. The van der Waals surface area contributed by atoms with Crippen LogP contribution in [-0.2, 0) is 4.79 Å². The average Bonchev–Trinajstić information content (AvgIpc) is 2.02. The molecule has 1 N–H and O–H groups in total. The minimum atomic E-state index is -0.821. The average molecular weight is 170 g/mol. The van der Waals surface area contributed by atoms with Gasteiger partial charge in [-0.1, -0.05) is 26.8 Å². The summed E-state index contributed by atoms with van der Waals surface area (Å²) < 4.78 is 0. The third-order valence-corrected chi connectivity index (χ3v) is 1.89. The third-order valence-electron chi connectivity index (χ3n) is 1.89. The van der Waals surface area contributed by atoms with Gasteiger partial charge in [0, 0.05) is 5.92 Å². The molecule has 0 amide bonds. The molecule has 70 valence electrons. The largest absolute Gasteiger partial charge is 0.385 e. The van der Waals surface area contributed by atoms with E-state index in [1.807, 2.05) is 6.92 Å². The topological polar surface area (TPSA) is 37.3 Å². The molecule has 0 saturated carbocycles. The molecule has 0 aromatic carbocycles. The van der Waals surface area contributed by atoms with Crippen molar-refractivity contribution in [1.82, 2.24) is 0 Å². The molecule has 0 spiro atoms. The molecule has 0 aliphatic carbocycles. The van der Waals surface area contributed by atoms with Crippen molar-refractivity contribution in [2.45, 2.75) is 33.3 Å². The van der Waals surface area contributed by atoms with Crippen molar-refractivity contribution in [3.63, 3.8) is 0 Å². The van der Waals surface area contributed by atoms with E-state index in [-0.39, 0.29) is 17.6 Å². The Bertz CT molecular complexity index is 161. The van der Waals surface area contributed by atoms with E-state index < -0.39 is 6.10 Å². The first-order chi connectivity index (χ1) is 5.49. The Kier molecular flexibility index (Phi) is 4.83. The zero-order valence-electron chi connectivity index (χ0n) is 8.08. The highest BCUT2D eigenvalue weighted by atomic mass is 16.3. The fourth-order valence-corrected chi connectivity index (χ4v) is 0.949. The minimum Gasteiger partial charge on any atom is -0.385 e. The lowest BCUT2D eigenvalue weighted by molar-refractivity contribution is -0.130. The van der Waals surface area contributed by atoms with E-state index in [0.29, 0.717) is 6.42 Å². The summed E-state index contributed by atoms with van der Waals surface area (Å²) in [5.41, 5.74) is 0. The van der Waals surface area contributed by atoms with Gasteiger partial charge in [-0.2, -0.15) is 0 Å². The molecule has 0 aliphatic rings. The van der Waals surface area contributed by atoms with Crippen LogP contribution in [0.2, 0.25) is 0 Å². The van der Waals surface area contributed by atoms with E-state index in [4.69, 9.17) is 0 Å². The number of rotatable bonds is 5. The van der Waals surface area contributed by atoms with Crippen molar-refractivity contribution in [2.24, 2.45) is 11.8 Å². The molecule has 0 bridgehead atoms. The zero-order chi connectivity index (χ0) is 9.72. The van der Waals surface area contributed by atoms with Gasteiger partial charge < -0.3 is 5.11 Å². The maximum absolute atomic E-state index is 11.2. The Morgan fingerprint density at radius 2 is 2.00 bits per heavy atom. The number of allylic oxidation sites excluding steroid dienone is 1. The molecule has 0 saturated heterocycles. The van der Waals surface area contributed by atoms with Gasteiger partial charge in [0.15, 0.2) is 5.78 Å². The molecule has 0 radical (unpaired) electrons. The highest BCUT2D eigenvalue weighted by Gasteiger charge is 2.19. The summed E-state index contributed by atoms with van der Waals surface area (Å²) >= 11 is 0. The van der Waals surface area contributed by atoms with Gasteiger partial charge in [-0.15, -0.1) is 6.58 Å². The number of carbonyl (C=O) groups excluding carboxylic acids is 1. The van der Waals surface area contributed by atoms with Gasteiger partial charge in [-0.05, 0) is 12.3 Å². The Morgan fingerprint density at radius 1 is 1.50 bits per heavy atom. The van der Waals surface area contributed by atoms with Crippen LogP contribution >= 0.6 is 0 Å². The molecule has 2 nitrogen and oxygen atoms in total. The molecule has 0 aromatic rings. The van der Waals surface area contributed by atoms with Crippen LogP contribution < -0.4 is 0 Å². The molecule has 0 rings (SSSR count). The van der Waals surface area contributed by atoms with Gasteiger partial charge in [0.1, 0.15) is 6.10 Å². The summed E-state index contributed by atoms with van der Waals surface area (Å²) in [6.07, 6.45) is 1.41. The third kappa shape index (κ3) is 3.67. The van der Waals surface area contributed by atoms with Gasteiger partial charge in [0.2, 0.25) is 0 Å². The van der Waals surface area contributed by atoms with Gasteiger partial charge in [-0.3, -0.25) is 4.79 Å². The van der Waals surface area contributed by atoms with Crippen LogP contribution in [0.25, 0.3) is 0 Å². The van der Waals surface area contributed by atoms with Crippen LogP contribution in [0.3, 0.4) is 0 Å². The molecule has 0 heterocycles. The summed E-state index contributed by atoms with van der Waals surface area (Å²) in [5, 5.41) is 9.39. The second kappa shape index (κ2) is 5.09. The summed E-state index contributed by atoms with van der Waals surface area (Å²) in [4.78, 5) is 11.2. The second-order valence-electron chi connectivity index (χ2n) is 3.52. The monoisotopic (exact) mass is 170 g/mol. The lowest BCUT2D eigenvalue weighted by Gasteiger charge is -2.14. The van der Waals surface area contributed by atoms with Crippen molar-refractivity contribution in [3.05, 3.63) is 12.7 Å². The van der Waals surface area contributed by atoms with Gasteiger partial charge >= 0.3 is 0 Å². The minimum absolute atomic E-state index is 0.0799. The molecule has 12 heavy (non-hydrogen) atoms. The molecular formula is C10H18O2. The lowest BCUT2D eigenvalue weighted by Crippen LogP contribution is -2.26. The molecule has 2 heteroatoms. The van der Waals surface area contributed by atoms with E-state index >= 15 is 0 Å². The predicted octanol–water partition coefficient (Wildman–Crippen LogP) is 1.78. The van der Waals surface area contributed by atoms with Gasteiger partial charge in [0.05, 0.1) is 0 Å². The van der Waals surface area contributed by atoms with Gasteiger partial charge in [-0.25, -0.2) is 0 Å². The maximum atomic E-state index is 11.2. The fraction of sp³-hybridized carbons (Fsp3) is 0.700. The SMILES string of the molecule is C=C[C@@H](C)C[C@H](O)C(=O)C(C)C. The number of carbonyl (C=O) groups is 1. The van der Waals surface area contributed by atoms with Gasteiger partial charge in [0.25, 0.3) is 0 Å². The smallest absolute Gasteiger partial charge is 0.163 e.